The van der Waals surface area contributed by atoms with Crippen molar-refractivity contribution < 1.29 is 4.74 Å². The molecular weight excluding hydrogens is 236 g/mol. The minimum absolute atomic E-state index is 0.234. The topological polar surface area (TPSA) is 27.1 Å². The molecule has 0 aliphatic carbocycles. The molecule has 3 atom stereocenters. The van der Waals surface area contributed by atoms with Crippen LogP contribution >= 0.6 is 11.6 Å². The van der Waals surface area contributed by atoms with E-state index in [2.05, 4.69) is 31.2 Å². The molecule has 1 aromatic rings. The molecular formula is C13H21ClN2O. The van der Waals surface area contributed by atoms with Crippen molar-refractivity contribution in [2.45, 2.75) is 44.5 Å². The van der Waals surface area contributed by atoms with Crippen molar-refractivity contribution in [1.82, 2.24) is 9.78 Å². The summed E-state index contributed by atoms with van der Waals surface area (Å²) in [6.45, 7) is 5.93. The lowest BCUT2D eigenvalue weighted by Gasteiger charge is -2.26. The Morgan fingerprint density at radius 1 is 1.65 bits per heavy atom. The number of aromatic nitrogens is 2. The number of ether oxygens (including phenoxy) is 1. The van der Waals surface area contributed by atoms with E-state index in [1.54, 1.807) is 0 Å². The molecule has 4 heteroatoms. The Bertz CT molecular complexity index is 353. The highest BCUT2D eigenvalue weighted by molar-refractivity contribution is 6.20. The third-order valence-electron chi connectivity index (χ3n) is 3.56. The van der Waals surface area contributed by atoms with E-state index in [4.69, 9.17) is 16.3 Å². The molecule has 1 saturated heterocycles. The normalized spacial score (nSPS) is 27.0. The highest BCUT2D eigenvalue weighted by atomic mass is 35.5. The van der Waals surface area contributed by atoms with Gasteiger partial charge in [0.05, 0.1) is 12.3 Å². The summed E-state index contributed by atoms with van der Waals surface area (Å²) in [4.78, 5) is 0. The van der Waals surface area contributed by atoms with E-state index in [0.717, 1.165) is 38.2 Å². The van der Waals surface area contributed by atoms with Crippen LogP contribution in [0.4, 0.5) is 0 Å². The maximum atomic E-state index is 6.31. The summed E-state index contributed by atoms with van der Waals surface area (Å²) in [5.74, 6) is 0.408. The number of hydrogen-bond donors (Lipinski definition) is 0. The second-order valence-corrected chi connectivity index (χ2v) is 5.45. The van der Waals surface area contributed by atoms with Gasteiger partial charge in [-0.3, -0.25) is 4.68 Å². The van der Waals surface area contributed by atoms with Crippen LogP contribution in [0, 0.1) is 5.92 Å². The van der Waals surface area contributed by atoms with Gasteiger partial charge in [0.15, 0.2) is 0 Å². The van der Waals surface area contributed by atoms with E-state index < -0.39 is 0 Å². The third kappa shape index (κ3) is 3.23. The molecule has 3 nitrogen and oxygen atoms in total. The van der Waals surface area contributed by atoms with Crippen molar-refractivity contribution in [3.05, 3.63) is 18.0 Å². The highest BCUT2D eigenvalue weighted by Crippen LogP contribution is 2.23. The first-order valence-electron chi connectivity index (χ1n) is 6.46. The van der Waals surface area contributed by atoms with Crippen LogP contribution in [-0.4, -0.2) is 28.4 Å². The van der Waals surface area contributed by atoms with Crippen molar-refractivity contribution in [1.29, 1.82) is 0 Å². The highest BCUT2D eigenvalue weighted by Gasteiger charge is 2.24. The Labute approximate surface area is 108 Å². The molecule has 1 aliphatic rings. The number of rotatable bonds is 4. The summed E-state index contributed by atoms with van der Waals surface area (Å²) in [6, 6.07) is 2.57. The molecule has 1 fully saturated rings. The lowest BCUT2D eigenvalue weighted by atomic mass is 9.96. The van der Waals surface area contributed by atoms with Gasteiger partial charge in [-0.25, -0.2) is 0 Å². The summed E-state index contributed by atoms with van der Waals surface area (Å²) >= 11 is 6.31. The first kappa shape index (κ1) is 12.9. The minimum atomic E-state index is 0.234. The van der Waals surface area contributed by atoms with Gasteiger partial charge < -0.3 is 4.74 Å². The summed E-state index contributed by atoms with van der Waals surface area (Å²) in [6.07, 6.45) is 5.05. The van der Waals surface area contributed by atoms with E-state index in [-0.39, 0.29) is 5.38 Å². The average molecular weight is 257 g/mol. The molecule has 1 aliphatic heterocycles. The Morgan fingerprint density at radius 3 is 3.18 bits per heavy atom. The number of nitrogens with zero attached hydrogens (tertiary/aromatic N) is 2. The molecule has 0 spiro atoms. The van der Waals surface area contributed by atoms with Gasteiger partial charge in [-0.05, 0) is 32.3 Å². The van der Waals surface area contributed by atoms with Crippen LogP contribution in [0.15, 0.2) is 12.3 Å². The van der Waals surface area contributed by atoms with E-state index >= 15 is 0 Å². The Balaban J connectivity index is 1.96. The third-order valence-corrected chi connectivity index (χ3v) is 4.13. The average Bonchev–Trinajstić information content (AvgIpc) is 2.80. The van der Waals surface area contributed by atoms with Gasteiger partial charge in [-0.2, -0.15) is 5.10 Å². The van der Waals surface area contributed by atoms with Crippen molar-refractivity contribution >= 4 is 11.6 Å². The summed E-state index contributed by atoms with van der Waals surface area (Å²) < 4.78 is 7.53. The fourth-order valence-corrected chi connectivity index (χ4v) is 2.40. The standard InChI is InChI=1S/C13H21ClN2O/c1-3-10(2)16-6-4-12(15-16)8-11-9-17-7-5-13(11)14/h4,6,10-11,13H,3,5,7-9H2,1-2H3. The molecule has 17 heavy (non-hydrogen) atoms. The van der Waals surface area contributed by atoms with Crippen LogP contribution in [0.5, 0.6) is 0 Å². The van der Waals surface area contributed by atoms with Gasteiger partial charge in [0, 0.05) is 30.1 Å². The summed E-state index contributed by atoms with van der Waals surface area (Å²) in [5, 5.41) is 4.85. The van der Waals surface area contributed by atoms with Gasteiger partial charge >= 0.3 is 0 Å². The van der Waals surface area contributed by atoms with Gasteiger partial charge in [0.1, 0.15) is 0 Å². The quantitative estimate of drug-likeness (QED) is 0.775. The molecule has 3 unspecified atom stereocenters. The predicted octanol–water partition coefficient (Wildman–Crippen LogP) is 3.04. The van der Waals surface area contributed by atoms with Crippen LogP contribution in [-0.2, 0) is 11.2 Å². The van der Waals surface area contributed by atoms with Crippen molar-refractivity contribution in [2.24, 2.45) is 5.92 Å². The lowest BCUT2D eigenvalue weighted by molar-refractivity contribution is 0.0574. The first-order valence-corrected chi connectivity index (χ1v) is 6.90. The fourth-order valence-electron chi connectivity index (χ4n) is 2.14. The molecule has 2 rings (SSSR count). The van der Waals surface area contributed by atoms with Gasteiger partial charge in [0.25, 0.3) is 0 Å². The van der Waals surface area contributed by atoms with E-state index in [1.165, 1.54) is 0 Å². The molecule has 96 valence electrons. The molecule has 0 bridgehead atoms. The zero-order valence-corrected chi connectivity index (χ0v) is 11.4. The minimum Gasteiger partial charge on any atom is -0.381 e. The number of alkyl halides is 1. The molecule has 0 amide bonds. The Kier molecular flexibility index (Phi) is 4.46. The van der Waals surface area contributed by atoms with Crippen molar-refractivity contribution in [3.63, 3.8) is 0 Å². The number of halogens is 1. The molecule has 0 radical (unpaired) electrons. The molecule has 1 aromatic heterocycles. The maximum Gasteiger partial charge on any atom is 0.0628 e. The van der Waals surface area contributed by atoms with E-state index in [1.807, 2.05) is 4.68 Å². The maximum absolute atomic E-state index is 6.31. The monoisotopic (exact) mass is 256 g/mol. The predicted molar refractivity (Wildman–Crippen MR) is 69.5 cm³/mol. The zero-order valence-electron chi connectivity index (χ0n) is 10.6. The van der Waals surface area contributed by atoms with E-state index in [0.29, 0.717) is 12.0 Å². The van der Waals surface area contributed by atoms with Crippen molar-refractivity contribution in [2.75, 3.05) is 13.2 Å². The molecule has 0 saturated carbocycles. The van der Waals surface area contributed by atoms with Crippen LogP contribution in [0.2, 0.25) is 0 Å². The number of hydrogen-bond acceptors (Lipinski definition) is 2. The first-order chi connectivity index (χ1) is 8.20. The van der Waals surface area contributed by atoms with E-state index in [9.17, 15) is 0 Å². The second kappa shape index (κ2) is 5.87. The van der Waals surface area contributed by atoms with Crippen LogP contribution in [0.3, 0.4) is 0 Å². The fraction of sp³-hybridized carbons (Fsp3) is 0.769. The Hall–Kier alpha value is -0.540. The largest absolute Gasteiger partial charge is 0.381 e. The van der Waals surface area contributed by atoms with Gasteiger partial charge in [-0.15, -0.1) is 11.6 Å². The summed E-state index contributed by atoms with van der Waals surface area (Å²) in [5.41, 5.74) is 1.13. The van der Waals surface area contributed by atoms with Crippen LogP contribution in [0.25, 0.3) is 0 Å². The molecule has 0 aromatic carbocycles. The van der Waals surface area contributed by atoms with Crippen molar-refractivity contribution in [3.8, 4) is 0 Å². The van der Waals surface area contributed by atoms with Crippen LogP contribution in [0.1, 0.15) is 38.4 Å². The van der Waals surface area contributed by atoms with Gasteiger partial charge in [0.2, 0.25) is 0 Å². The SMILES string of the molecule is CCC(C)n1ccc(CC2COCCC2Cl)n1. The molecule has 0 N–H and O–H groups in total. The van der Waals surface area contributed by atoms with Gasteiger partial charge in [-0.1, -0.05) is 6.92 Å². The van der Waals surface area contributed by atoms with Crippen LogP contribution < -0.4 is 0 Å². The Morgan fingerprint density at radius 2 is 2.47 bits per heavy atom. The smallest absolute Gasteiger partial charge is 0.0628 e. The summed E-state index contributed by atoms with van der Waals surface area (Å²) in [7, 11) is 0. The zero-order chi connectivity index (χ0) is 12.3. The molecule has 2 heterocycles. The second-order valence-electron chi connectivity index (χ2n) is 4.89. The lowest BCUT2D eigenvalue weighted by Crippen LogP contribution is -2.29.